The van der Waals surface area contributed by atoms with Gasteiger partial charge in [0.25, 0.3) is 0 Å². The van der Waals surface area contributed by atoms with E-state index >= 15 is 0 Å². The molecule has 2 rings (SSSR count). The summed E-state index contributed by atoms with van der Waals surface area (Å²) in [5.74, 6) is -0.0596. The minimum atomic E-state index is -5.46. The molecule has 0 aliphatic heterocycles. The molecule has 0 aliphatic carbocycles. The molecule has 0 radical (unpaired) electrons. The molecule has 0 fully saturated rings. The number of nitrogens with one attached hydrogen (secondary N) is 1. The summed E-state index contributed by atoms with van der Waals surface area (Å²) in [7, 11) is -5.46. The van der Waals surface area contributed by atoms with Gasteiger partial charge in [-0.3, -0.25) is 4.72 Å². The highest BCUT2D eigenvalue weighted by Gasteiger charge is 2.46. The molecule has 4 nitrogen and oxygen atoms in total. The monoisotopic (exact) mass is 350 g/mol. The van der Waals surface area contributed by atoms with E-state index in [2.05, 4.69) is 4.98 Å². The average molecular weight is 350 g/mol. The smallest absolute Gasteiger partial charge is 0.251 e. The van der Waals surface area contributed by atoms with Crippen molar-refractivity contribution < 1.29 is 21.6 Å². The number of alkyl halides is 3. The molecule has 1 heterocycles. The first kappa shape index (κ1) is 16.8. The van der Waals surface area contributed by atoms with Crippen molar-refractivity contribution in [3.05, 3.63) is 36.0 Å². The van der Waals surface area contributed by atoms with Crippen molar-refractivity contribution >= 4 is 26.5 Å². The standard InChI is InChI=1S/C13H13F3N2O2S2/c1-8(2)10-11(9-6-4-3-5-7-9)21-12(17-10)18-22(19,20)13(14,15)16/h3-8H,1-2H3,(H,17,18). The van der Waals surface area contributed by atoms with Gasteiger partial charge in [0, 0.05) is 0 Å². The number of sulfonamides is 1. The van der Waals surface area contributed by atoms with Gasteiger partial charge in [-0.2, -0.15) is 21.6 Å². The fourth-order valence-electron chi connectivity index (χ4n) is 1.74. The van der Waals surface area contributed by atoms with Crippen molar-refractivity contribution in [1.82, 2.24) is 4.98 Å². The SMILES string of the molecule is CC(C)c1nc(NS(=O)(=O)C(F)(F)F)sc1-c1ccccc1. The number of aromatic nitrogens is 1. The zero-order chi connectivity index (χ0) is 16.5. The van der Waals surface area contributed by atoms with Crippen LogP contribution < -0.4 is 4.72 Å². The Labute approximate surface area is 130 Å². The van der Waals surface area contributed by atoms with Gasteiger partial charge in [-0.05, 0) is 11.5 Å². The Hall–Kier alpha value is -1.61. The van der Waals surface area contributed by atoms with E-state index in [1.54, 1.807) is 24.3 Å². The van der Waals surface area contributed by atoms with Crippen LogP contribution in [-0.2, 0) is 10.0 Å². The fourth-order valence-corrected chi connectivity index (χ4v) is 3.60. The number of hydrogen-bond donors (Lipinski definition) is 1. The lowest BCUT2D eigenvalue weighted by atomic mass is 10.1. The summed E-state index contributed by atoms with van der Waals surface area (Å²) in [4.78, 5) is 4.66. The number of benzene rings is 1. The number of halogens is 3. The number of nitrogens with zero attached hydrogens (tertiary/aromatic N) is 1. The van der Waals surface area contributed by atoms with E-state index in [-0.39, 0.29) is 11.0 Å². The molecule has 22 heavy (non-hydrogen) atoms. The molecule has 0 amide bonds. The third kappa shape index (κ3) is 3.41. The zero-order valence-corrected chi connectivity index (χ0v) is 13.3. The fraction of sp³-hybridized carbons (Fsp3) is 0.308. The van der Waals surface area contributed by atoms with Crippen LogP contribution in [0.1, 0.15) is 25.5 Å². The summed E-state index contributed by atoms with van der Waals surface area (Å²) >= 11 is 0.883. The molecule has 1 N–H and O–H groups in total. The van der Waals surface area contributed by atoms with E-state index in [1.807, 2.05) is 19.9 Å². The van der Waals surface area contributed by atoms with Crippen LogP contribution in [0.4, 0.5) is 18.3 Å². The largest absolute Gasteiger partial charge is 0.516 e. The molecular weight excluding hydrogens is 337 g/mol. The van der Waals surface area contributed by atoms with Crippen LogP contribution in [0.5, 0.6) is 0 Å². The van der Waals surface area contributed by atoms with E-state index in [0.717, 1.165) is 16.9 Å². The second-order valence-electron chi connectivity index (χ2n) is 4.81. The molecule has 0 saturated heterocycles. The first-order valence-corrected chi connectivity index (χ1v) is 8.57. The predicted molar refractivity (Wildman–Crippen MR) is 80.2 cm³/mol. The van der Waals surface area contributed by atoms with Crippen molar-refractivity contribution in [1.29, 1.82) is 0 Å². The van der Waals surface area contributed by atoms with Gasteiger partial charge < -0.3 is 0 Å². The average Bonchev–Trinajstić information content (AvgIpc) is 2.82. The molecule has 0 bridgehead atoms. The van der Waals surface area contributed by atoms with E-state index in [4.69, 9.17) is 0 Å². The number of rotatable bonds is 4. The van der Waals surface area contributed by atoms with Gasteiger partial charge in [-0.25, -0.2) is 4.98 Å². The number of hydrogen-bond acceptors (Lipinski definition) is 4. The van der Waals surface area contributed by atoms with Gasteiger partial charge in [0.1, 0.15) is 0 Å². The molecule has 2 aromatic rings. The Morgan fingerprint density at radius 2 is 1.77 bits per heavy atom. The lowest BCUT2D eigenvalue weighted by Crippen LogP contribution is -2.29. The van der Waals surface area contributed by atoms with Crippen LogP contribution in [0.15, 0.2) is 30.3 Å². The Morgan fingerprint density at radius 3 is 2.27 bits per heavy atom. The Kier molecular flexibility index (Phi) is 4.48. The van der Waals surface area contributed by atoms with E-state index < -0.39 is 15.5 Å². The molecule has 0 aliphatic rings. The quantitative estimate of drug-likeness (QED) is 0.899. The minimum Gasteiger partial charge on any atom is -0.251 e. The number of anilines is 1. The van der Waals surface area contributed by atoms with Crippen molar-refractivity contribution in [3.63, 3.8) is 0 Å². The number of thiazole rings is 1. The second-order valence-corrected chi connectivity index (χ2v) is 7.48. The third-order valence-electron chi connectivity index (χ3n) is 2.76. The minimum absolute atomic E-state index is 0.0596. The van der Waals surface area contributed by atoms with Crippen molar-refractivity contribution in [3.8, 4) is 10.4 Å². The highest BCUT2D eigenvalue weighted by atomic mass is 32.2. The predicted octanol–water partition coefficient (Wildman–Crippen LogP) is 4.20. The lowest BCUT2D eigenvalue weighted by Gasteiger charge is -2.07. The molecular formula is C13H13F3N2O2S2. The second kappa shape index (κ2) is 5.88. The van der Waals surface area contributed by atoms with Gasteiger partial charge in [0.15, 0.2) is 5.13 Å². The summed E-state index contributed by atoms with van der Waals surface area (Å²) in [5.41, 5.74) is -4.04. The normalized spacial score (nSPS) is 12.6. The Morgan fingerprint density at radius 1 is 1.18 bits per heavy atom. The topological polar surface area (TPSA) is 59.1 Å². The summed E-state index contributed by atoms with van der Waals surface area (Å²) in [5, 5.41) is -0.292. The maximum Gasteiger partial charge on any atom is 0.516 e. The molecule has 0 spiro atoms. The summed E-state index contributed by atoms with van der Waals surface area (Å²) in [6.45, 7) is 3.67. The van der Waals surface area contributed by atoms with E-state index in [1.165, 1.54) is 4.72 Å². The highest BCUT2D eigenvalue weighted by molar-refractivity contribution is 7.93. The molecule has 0 saturated carbocycles. The van der Waals surface area contributed by atoms with Gasteiger partial charge in [0.05, 0.1) is 10.6 Å². The highest BCUT2D eigenvalue weighted by Crippen LogP contribution is 2.38. The first-order chi connectivity index (χ1) is 10.1. The maximum atomic E-state index is 12.4. The molecule has 0 atom stereocenters. The van der Waals surface area contributed by atoms with Crippen molar-refractivity contribution in [2.75, 3.05) is 4.72 Å². The molecule has 9 heteroatoms. The van der Waals surface area contributed by atoms with Crippen LogP contribution in [0.2, 0.25) is 0 Å². The maximum absolute atomic E-state index is 12.4. The third-order valence-corrected chi connectivity index (χ3v) is 5.00. The van der Waals surface area contributed by atoms with Gasteiger partial charge in [0.2, 0.25) is 0 Å². The summed E-state index contributed by atoms with van der Waals surface area (Å²) < 4.78 is 61.2. The van der Waals surface area contributed by atoms with E-state index in [0.29, 0.717) is 10.6 Å². The van der Waals surface area contributed by atoms with Gasteiger partial charge in [-0.15, -0.1) is 0 Å². The molecule has 1 aromatic heterocycles. The van der Waals surface area contributed by atoms with Gasteiger partial charge >= 0.3 is 15.5 Å². The van der Waals surface area contributed by atoms with Crippen LogP contribution in [-0.4, -0.2) is 18.9 Å². The summed E-state index contributed by atoms with van der Waals surface area (Å²) in [6, 6.07) is 8.98. The first-order valence-electron chi connectivity index (χ1n) is 6.27. The van der Waals surface area contributed by atoms with Crippen LogP contribution >= 0.6 is 11.3 Å². The lowest BCUT2D eigenvalue weighted by molar-refractivity contribution is -0.0429. The molecule has 0 unspecified atom stereocenters. The van der Waals surface area contributed by atoms with Crippen molar-refractivity contribution in [2.24, 2.45) is 0 Å². The zero-order valence-electron chi connectivity index (χ0n) is 11.7. The molecule has 1 aromatic carbocycles. The van der Waals surface area contributed by atoms with Crippen LogP contribution in [0, 0.1) is 0 Å². The van der Waals surface area contributed by atoms with Gasteiger partial charge in [-0.1, -0.05) is 55.5 Å². The summed E-state index contributed by atoms with van der Waals surface area (Å²) in [6.07, 6.45) is 0. The van der Waals surface area contributed by atoms with Crippen molar-refractivity contribution in [2.45, 2.75) is 25.3 Å². The molecule has 120 valence electrons. The van der Waals surface area contributed by atoms with Crippen LogP contribution in [0.3, 0.4) is 0 Å². The van der Waals surface area contributed by atoms with E-state index in [9.17, 15) is 21.6 Å². The Balaban J connectivity index is 2.45. The Bertz CT molecular complexity index is 753. The van der Waals surface area contributed by atoms with Crippen LogP contribution in [0.25, 0.3) is 10.4 Å².